The molecule has 1 amide bonds. The van der Waals surface area contributed by atoms with Crippen LogP contribution in [0.4, 0.5) is 0 Å². The average Bonchev–Trinajstić information content (AvgIpc) is 2.12. The molecule has 2 nitrogen and oxygen atoms in total. The zero-order valence-corrected chi connectivity index (χ0v) is 7.60. The molecule has 0 atom stereocenters. The van der Waals surface area contributed by atoms with Gasteiger partial charge in [-0.05, 0) is 32.6 Å². The van der Waals surface area contributed by atoms with Crippen molar-refractivity contribution in [3.8, 4) is 0 Å². The molecule has 1 fully saturated rings. The second-order valence-corrected chi connectivity index (χ2v) is 3.73. The quantitative estimate of drug-likeness (QED) is 0.538. The fourth-order valence-electron chi connectivity index (χ4n) is 2.12. The number of hydrogen-bond donors (Lipinski definition) is 0. The highest BCUT2D eigenvalue weighted by Crippen LogP contribution is 2.30. The Hall–Kier alpha value is -0.790. The van der Waals surface area contributed by atoms with Gasteiger partial charge in [0.25, 0.3) is 0 Å². The molecule has 2 aliphatic rings. The van der Waals surface area contributed by atoms with Crippen LogP contribution in [0.2, 0.25) is 0 Å². The van der Waals surface area contributed by atoms with Crippen molar-refractivity contribution in [1.29, 1.82) is 0 Å². The number of carbonyl (C=O) groups is 1. The van der Waals surface area contributed by atoms with Gasteiger partial charge in [-0.3, -0.25) is 4.79 Å². The lowest BCUT2D eigenvalue weighted by Gasteiger charge is -2.34. The van der Waals surface area contributed by atoms with Gasteiger partial charge >= 0.3 is 0 Å². The molecule has 0 aromatic carbocycles. The molecule has 0 saturated carbocycles. The molecule has 2 aliphatic heterocycles. The molecular weight excluding hydrogens is 150 g/mol. The van der Waals surface area contributed by atoms with Crippen molar-refractivity contribution < 1.29 is 4.79 Å². The maximum absolute atomic E-state index is 11.5. The van der Waals surface area contributed by atoms with E-state index in [9.17, 15) is 4.79 Å². The minimum absolute atomic E-state index is 0.343. The summed E-state index contributed by atoms with van der Waals surface area (Å²) in [5.41, 5.74) is 2.77. The molecule has 0 aromatic rings. The predicted molar refractivity (Wildman–Crippen MR) is 47.5 cm³/mol. The summed E-state index contributed by atoms with van der Waals surface area (Å²) in [4.78, 5) is 13.5. The minimum Gasteiger partial charge on any atom is -0.316 e. The molecule has 0 N–H and O–H groups in total. The Bertz CT molecular complexity index is 242. The molecule has 2 heteroatoms. The number of hydrogen-bond acceptors (Lipinski definition) is 1. The maximum atomic E-state index is 11.5. The Labute approximate surface area is 73.2 Å². The molecule has 0 spiro atoms. The zero-order valence-electron chi connectivity index (χ0n) is 7.60. The monoisotopic (exact) mass is 165 g/mol. The zero-order chi connectivity index (χ0) is 8.55. The Morgan fingerprint density at radius 3 is 2.75 bits per heavy atom. The standard InChI is InChI=1S/C10H15NO/c1-8-5-6-10(12)11-7-3-2-4-9(8)11/h2-7H2,1H3. The van der Waals surface area contributed by atoms with E-state index < -0.39 is 0 Å². The van der Waals surface area contributed by atoms with Crippen LogP contribution < -0.4 is 0 Å². The van der Waals surface area contributed by atoms with E-state index in [2.05, 4.69) is 6.92 Å². The molecule has 2 heterocycles. The van der Waals surface area contributed by atoms with Crippen LogP contribution in [0.25, 0.3) is 0 Å². The average molecular weight is 165 g/mol. The van der Waals surface area contributed by atoms with Gasteiger partial charge in [0.15, 0.2) is 0 Å². The van der Waals surface area contributed by atoms with E-state index in [0.717, 1.165) is 25.8 Å². The third kappa shape index (κ3) is 1.15. The number of nitrogens with zero attached hydrogens (tertiary/aromatic N) is 1. The van der Waals surface area contributed by atoms with E-state index in [4.69, 9.17) is 0 Å². The molecule has 0 aromatic heterocycles. The third-order valence-electron chi connectivity index (χ3n) is 2.88. The highest BCUT2D eigenvalue weighted by atomic mass is 16.2. The summed E-state index contributed by atoms with van der Waals surface area (Å²) in [6, 6.07) is 0. The van der Waals surface area contributed by atoms with Gasteiger partial charge < -0.3 is 4.90 Å². The van der Waals surface area contributed by atoms with Gasteiger partial charge in [-0.2, -0.15) is 0 Å². The van der Waals surface area contributed by atoms with Crippen molar-refractivity contribution in [2.45, 2.75) is 39.0 Å². The van der Waals surface area contributed by atoms with Crippen LogP contribution >= 0.6 is 0 Å². The first-order chi connectivity index (χ1) is 5.79. The number of rotatable bonds is 0. The van der Waals surface area contributed by atoms with Crippen molar-refractivity contribution in [1.82, 2.24) is 4.90 Å². The van der Waals surface area contributed by atoms with E-state index in [0.29, 0.717) is 5.91 Å². The van der Waals surface area contributed by atoms with Crippen LogP contribution in [-0.2, 0) is 4.79 Å². The molecule has 12 heavy (non-hydrogen) atoms. The van der Waals surface area contributed by atoms with Crippen LogP contribution in [0.3, 0.4) is 0 Å². The van der Waals surface area contributed by atoms with E-state index in [1.807, 2.05) is 4.90 Å². The van der Waals surface area contributed by atoms with Gasteiger partial charge in [0.1, 0.15) is 0 Å². The van der Waals surface area contributed by atoms with Gasteiger partial charge in [-0.1, -0.05) is 5.57 Å². The van der Waals surface area contributed by atoms with Gasteiger partial charge in [-0.25, -0.2) is 0 Å². The normalized spacial score (nSPS) is 24.4. The second kappa shape index (κ2) is 2.92. The molecule has 0 aliphatic carbocycles. The number of amides is 1. The summed E-state index contributed by atoms with van der Waals surface area (Å²) in [7, 11) is 0. The van der Waals surface area contributed by atoms with Gasteiger partial charge in [-0.15, -0.1) is 0 Å². The van der Waals surface area contributed by atoms with Crippen molar-refractivity contribution >= 4 is 5.91 Å². The third-order valence-corrected chi connectivity index (χ3v) is 2.88. The molecular formula is C10H15NO. The lowest BCUT2D eigenvalue weighted by molar-refractivity contribution is -0.130. The molecule has 0 unspecified atom stereocenters. The van der Waals surface area contributed by atoms with Crippen molar-refractivity contribution in [3.63, 3.8) is 0 Å². The summed E-state index contributed by atoms with van der Waals surface area (Å²) in [5.74, 6) is 0.343. The topological polar surface area (TPSA) is 20.3 Å². The van der Waals surface area contributed by atoms with Crippen LogP contribution in [0.1, 0.15) is 39.0 Å². The van der Waals surface area contributed by atoms with Crippen molar-refractivity contribution in [2.24, 2.45) is 0 Å². The first-order valence-corrected chi connectivity index (χ1v) is 4.78. The maximum Gasteiger partial charge on any atom is 0.227 e. The summed E-state index contributed by atoms with van der Waals surface area (Å²) in [6.45, 7) is 3.13. The van der Waals surface area contributed by atoms with Crippen LogP contribution in [0, 0.1) is 0 Å². The first kappa shape index (κ1) is 7.84. The number of carbonyl (C=O) groups excluding carboxylic acids is 1. The lowest BCUT2D eigenvalue weighted by Crippen LogP contribution is -2.37. The fraction of sp³-hybridized carbons (Fsp3) is 0.700. The van der Waals surface area contributed by atoms with Crippen LogP contribution in [0.5, 0.6) is 0 Å². The molecule has 0 radical (unpaired) electrons. The predicted octanol–water partition coefficient (Wildman–Crippen LogP) is 2.07. The van der Waals surface area contributed by atoms with Crippen molar-refractivity contribution in [2.75, 3.05) is 6.54 Å². The first-order valence-electron chi connectivity index (χ1n) is 4.78. The van der Waals surface area contributed by atoms with Gasteiger partial charge in [0, 0.05) is 18.7 Å². The Balaban J connectivity index is 2.28. The molecule has 2 rings (SSSR count). The van der Waals surface area contributed by atoms with Crippen molar-refractivity contribution in [3.05, 3.63) is 11.3 Å². The molecule has 66 valence electrons. The van der Waals surface area contributed by atoms with E-state index in [1.165, 1.54) is 24.1 Å². The highest BCUT2D eigenvalue weighted by Gasteiger charge is 2.26. The van der Waals surface area contributed by atoms with Gasteiger partial charge in [0.2, 0.25) is 5.91 Å². The summed E-state index contributed by atoms with van der Waals surface area (Å²) < 4.78 is 0. The Kier molecular flexibility index (Phi) is 1.91. The number of fused-ring (bicyclic) bond motifs is 1. The van der Waals surface area contributed by atoms with Gasteiger partial charge in [0.05, 0.1) is 0 Å². The summed E-state index contributed by atoms with van der Waals surface area (Å²) >= 11 is 0. The summed E-state index contributed by atoms with van der Waals surface area (Å²) in [6.07, 6.45) is 5.29. The van der Waals surface area contributed by atoms with E-state index in [1.54, 1.807) is 0 Å². The summed E-state index contributed by atoms with van der Waals surface area (Å²) in [5, 5.41) is 0. The minimum atomic E-state index is 0.343. The lowest BCUT2D eigenvalue weighted by atomic mass is 9.96. The Morgan fingerprint density at radius 2 is 2.00 bits per heavy atom. The molecule has 1 saturated heterocycles. The SMILES string of the molecule is CC1=C2CCCCN2C(=O)CC1. The van der Waals surface area contributed by atoms with E-state index >= 15 is 0 Å². The van der Waals surface area contributed by atoms with Crippen LogP contribution in [0.15, 0.2) is 11.3 Å². The van der Waals surface area contributed by atoms with E-state index in [-0.39, 0.29) is 0 Å². The smallest absolute Gasteiger partial charge is 0.227 e. The number of piperidine rings is 1. The largest absolute Gasteiger partial charge is 0.316 e. The highest BCUT2D eigenvalue weighted by molar-refractivity contribution is 5.80. The second-order valence-electron chi connectivity index (χ2n) is 3.73. The molecule has 0 bridgehead atoms. The fourth-order valence-corrected chi connectivity index (χ4v) is 2.12. The van der Waals surface area contributed by atoms with Crippen LogP contribution in [-0.4, -0.2) is 17.4 Å². The number of allylic oxidation sites excluding steroid dienone is 2. The Morgan fingerprint density at radius 1 is 1.17 bits per heavy atom.